The molecule has 0 bridgehead atoms. The van der Waals surface area contributed by atoms with Crippen molar-refractivity contribution in [2.45, 2.75) is 44.9 Å². The zero-order chi connectivity index (χ0) is 17.5. The molecular formula is C16H25FN2O3S. The van der Waals surface area contributed by atoms with E-state index in [4.69, 9.17) is 0 Å². The Labute approximate surface area is 137 Å². The number of nitrogens with one attached hydrogen (secondary N) is 1. The maximum atomic E-state index is 13.1. The van der Waals surface area contributed by atoms with Gasteiger partial charge >= 0.3 is 0 Å². The summed E-state index contributed by atoms with van der Waals surface area (Å²) in [7, 11) is -3.71. The lowest BCUT2D eigenvalue weighted by atomic mass is 10.2. The minimum atomic E-state index is -3.71. The first-order valence-corrected chi connectivity index (χ1v) is 9.27. The van der Waals surface area contributed by atoms with Gasteiger partial charge in [-0.1, -0.05) is 19.8 Å². The molecule has 0 heterocycles. The van der Waals surface area contributed by atoms with Crippen molar-refractivity contribution in [1.29, 1.82) is 0 Å². The van der Waals surface area contributed by atoms with Crippen molar-refractivity contribution in [2.24, 2.45) is 0 Å². The van der Waals surface area contributed by atoms with Crippen LogP contribution in [0.5, 0.6) is 0 Å². The van der Waals surface area contributed by atoms with Gasteiger partial charge in [0.2, 0.25) is 15.9 Å². The van der Waals surface area contributed by atoms with Crippen LogP contribution in [0, 0.1) is 12.7 Å². The molecule has 0 saturated heterocycles. The Morgan fingerprint density at radius 3 is 2.52 bits per heavy atom. The summed E-state index contributed by atoms with van der Waals surface area (Å²) in [6, 6.07) is 3.55. The van der Waals surface area contributed by atoms with Gasteiger partial charge in [-0.3, -0.25) is 4.79 Å². The first-order chi connectivity index (χ1) is 10.8. The molecule has 1 aromatic carbocycles. The summed E-state index contributed by atoms with van der Waals surface area (Å²) in [5, 5.41) is 0. The molecule has 0 aliphatic heterocycles. The van der Waals surface area contributed by atoms with Crippen LogP contribution in [0.3, 0.4) is 0 Å². The van der Waals surface area contributed by atoms with Crippen LogP contribution in [0.4, 0.5) is 4.39 Å². The van der Waals surface area contributed by atoms with Gasteiger partial charge in [-0.25, -0.2) is 17.5 Å². The third kappa shape index (κ3) is 6.27. The summed E-state index contributed by atoms with van der Waals surface area (Å²) < 4.78 is 40.0. The molecule has 0 aliphatic carbocycles. The first-order valence-electron chi connectivity index (χ1n) is 7.79. The third-order valence-electron chi connectivity index (χ3n) is 3.58. The second-order valence-corrected chi connectivity index (χ2v) is 7.26. The van der Waals surface area contributed by atoms with E-state index in [2.05, 4.69) is 11.6 Å². The predicted molar refractivity (Wildman–Crippen MR) is 88.1 cm³/mol. The Balaban J connectivity index is 2.62. The van der Waals surface area contributed by atoms with Gasteiger partial charge in [-0.2, -0.15) is 0 Å². The molecule has 1 aromatic rings. The van der Waals surface area contributed by atoms with E-state index in [0.717, 1.165) is 25.3 Å². The van der Waals surface area contributed by atoms with Gasteiger partial charge in [0.15, 0.2) is 0 Å². The number of carbonyl (C=O) groups excluding carboxylic acids is 1. The summed E-state index contributed by atoms with van der Waals surface area (Å²) >= 11 is 0. The maximum absolute atomic E-state index is 13.1. The van der Waals surface area contributed by atoms with Gasteiger partial charge in [-0.05, 0) is 37.1 Å². The number of hydrogen-bond acceptors (Lipinski definition) is 3. The van der Waals surface area contributed by atoms with Crippen molar-refractivity contribution in [3.05, 3.63) is 29.6 Å². The van der Waals surface area contributed by atoms with E-state index in [0.29, 0.717) is 18.7 Å². The topological polar surface area (TPSA) is 66.5 Å². The monoisotopic (exact) mass is 344 g/mol. The molecule has 7 heteroatoms. The number of rotatable bonds is 9. The molecule has 0 aromatic heterocycles. The zero-order valence-electron chi connectivity index (χ0n) is 13.9. The zero-order valence-corrected chi connectivity index (χ0v) is 14.7. The van der Waals surface area contributed by atoms with Crippen molar-refractivity contribution < 1.29 is 17.6 Å². The maximum Gasteiger partial charge on any atom is 0.240 e. The van der Waals surface area contributed by atoms with Crippen molar-refractivity contribution >= 4 is 15.9 Å². The average Bonchev–Trinajstić information content (AvgIpc) is 2.45. The highest BCUT2D eigenvalue weighted by Gasteiger charge is 2.17. The quantitative estimate of drug-likeness (QED) is 0.700. The SMILES string of the molecule is CCCCCN(CCNS(=O)(=O)c1ccc(F)cc1C)C(C)=O. The third-order valence-corrected chi connectivity index (χ3v) is 5.20. The lowest BCUT2D eigenvalue weighted by Gasteiger charge is -2.21. The van der Waals surface area contributed by atoms with Crippen LogP contribution in [0.1, 0.15) is 38.7 Å². The summed E-state index contributed by atoms with van der Waals surface area (Å²) in [4.78, 5) is 13.3. The molecule has 0 radical (unpaired) electrons. The molecule has 0 spiro atoms. The molecule has 130 valence electrons. The van der Waals surface area contributed by atoms with Crippen LogP contribution in [0.25, 0.3) is 0 Å². The Kier molecular flexibility index (Phi) is 7.64. The fraction of sp³-hybridized carbons (Fsp3) is 0.562. The molecule has 1 rings (SSSR count). The molecule has 23 heavy (non-hydrogen) atoms. The van der Waals surface area contributed by atoms with Crippen molar-refractivity contribution in [3.63, 3.8) is 0 Å². The van der Waals surface area contributed by atoms with E-state index in [1.165, 1.54) is 19.1 Å². The Bertz CT molecular complexity index is 632. The number of halogens is 1. The molecule has 1 amide bonds. The highest BCUT2D eigenvalue weighted by atomic mass is 32.2. The largest absolute Gasteiger partial charge is 0.342 e. The fourth-order valence-electron chi connectivity index (χ4n) is 2.29. The minimum Gasteiger partial charge on any atom is -0.342 e. The molecule has 0 fully saturated rings. The number of hydrogen-bond donors (Lipinski definition) is 1. The number of benzene rings is 1. The Hall–Kier alpha value is -1.47. The van der Waals surface area contributed by atoms with Crippen LogP contribution in [-0.4, -0.2) is 38.9 Å². The van der Waals surface area contributed by atoms with Crippen LogP contribution < -0.4 is 4.72 Å². The Morgan fingerprint density at radius 1 is 1.26 bits per heavy atom. The number of nitrogens with zero attached hydrogens (tertiary/aromatic N) is 1. The van der Waals surface area contributed by atoms with Gasteiger partial charge in [0.1, 0.15) is 5.82 Å². The summed E-state index contributed by atoms with van der Waals surface area (Å²) in [5.41, 5.74) is 0.351. The second kappa shape index (κ2) is 8.98. The van der Waals surface area contributed by atoms with E-state index in [1.807, 2.05) is 0 Å². The highest BCUT2D eigenvalue weighted by molar-refractivity contribution is 7.89. The summed E-state index contributed by atoms with van der Waals surface area (Å²) in [6.07, 6.45) is 2.99. The number of carbonyl (C=O) groups is 1. The molecule has 0 saturated carbocycles. The molecule has 0 aliphatic rings. The lowest BCUT2D eigenvalue weighted by Crippen LogP contribution is -2.38. The lowest BCUT2D eigenvalue weighted by molar-refractivity contribution is -0.128. The predicted octanol–water partition coefficient (Wildman–Crippen LogP) is 2.45. The molecule has 1 N–H and O–H groups in total. The van der Waals surface area contributed by atoms with E-state index in [-0.39, 0.29) is 17.3 Å². The van der Waals surface area contributed by atoms with E-state index < -0.39 is 15.8 Å². The van der Waals surface area contributed by atoms with Crippen molar-refractivity contribution in [1.82, 2.24) is 9.62 Å². The average molecular weight is 344 g/mol. The standard InChI is InChI=1S/C16H25FN2O3S/c1-4-5-6-10-19(14(3)20)11-9-18-23(21,22)16-8-7-15(17)12-13(16)2/h7-8,12,18H,4-6,9-11H2,1-3H3. The van der Waals surface area contributed by atoms with Gasteiger partial charge in [0.05, 0.1) is 4.90 Å². The number of amides is 1. The second-order valence-electron chi connectivity index (χ2n) is 5.52. The van der Waals surface area contributed by atoms with Crippen molar-refractivity contribution in [3.8, 4) is 0 Å². The summed E-state index contributed by atoms with van der Waals surface area (Å²) in [5.74, 6) is -0.543. The highest BCUT2D eigenvalue weighted by Crippen LogP contribution is 2.15. The molecule has 0 atom stereocenters. The van der Waals surface area contributed by atoms with E-state index in [1.54, 1.807) is 11.8 Å². The molecule has 5 nitrogen and oxygen atoms in total. The van der Waals surface area contributed by atoms with E-state index >= 15 is 0 Å². The van der Waals surface area contributed by atoms with Gasteiger partial charge in [0.25, 0.3) is 0 Å². The van der Waals surface area contributed by atoms with Crippen LogP contribution in [-0.2, 0) is 14.8 Å². The van der Waals surface area contributed by atoms with Crippen LogP contribution in [0.2, 0.25) is 0 Å². The fourth-order valence-corrected chi connectivity index (χ4v) is 3.53. The van der Waals surface area contributed by atoms with Crippen LogP contribution >= 0.6 is 0 Å². The molecular weight excluding hydrogens is 319 g/mol. The van der Waals surface area contributed by atoms with E-state index in [9.17, 15) is 17.6 Å². The van der Waals surface area contributed by atoms with Gasteiger partial charge in [0, 0.05) is 26.6 Å². The number of unbranched alkanes of at least 4 members (excludes halogenated alkanes) is 2. The summed E-state index contributed by atoms with van der Waals surface area (Å²) in [6.45, 7) is 6.18. The minimum absolute atomic E-state index is 0.0549. The normalized spacial score (nSPS) is 11.5. The Morgan fingerprint density at radius 2 is 1.96 bits per heavy atom. The first kappa shape index (κ1) is 19.6. The number of aryl methyl sites for hydroxylation is 1. The van der Waals surface area contributed by atoms with Gasteiger partial charge in [-0.15, -0.1) is 0 Å². The van der Waals surface area contributed by atoms with Crippen LogP contribution in [0.15, 0.2) is 23.1 Å². The smallest absolute Gasteiger partial charge is 0.240 e. The number of sulfonamides is 1. The van der Waals surface area contributed by atoms with Gasteiger partial charge < -0.3 is 4.90 Å². The van der Waals surface area contributed by atoms with Crippen molar-refractivity contribution in [2.75, 3.05) is 19.6 Å². The molecule has 0 unspecified atom stereocenters.